The van der Waals surface area contributed by atoms with E-state index in [2.05, 4.69) is 10.6 Å². The smallest absolute Gasteiger partial charge is 0.251 e. The fourth-order valence-electron chi connectivity index (χ4n) is 3.45. The zero-order valence-corrected chi connectivity index (χ0v) is 15.7. The first-order valence-electron chi connectivity index (χ1n) is 8.36. The summed E-state index contributed by atoms with van der Waals surface area (Å²) in [4.78, 5) is 25.2. The lowest BCUT2D eigenvalue weighted by atomic mass is 9.87. The van der Waals surface area contributed by atoms with Gasteiger partial charge in [0, 0.05) is 16.1 Å². The summed E-state index contributed by atoms with van der Waals surface area (Å²) < 4.78 is 0. The van der Waals surface area contributed by atoms with Crippen LogP contribution >= 0.6 is 24.2 Å². The molecule has 0 aromatic heterocycles. The lowest BCUT2D eigenvalue weighted by Gasteiger charge is -2.27. The van der Waals surface area contributed by atoms with Crippen molar-refractivity contribution in [3.63, 3.8) is 0 Å². The van der Waals surface area contributed by atoms with Gasteiger partial charge in [0.15, 0.2) is 0 Å². The number of fused-ring (bicyclic) bond motifs is 2. The molecule has 2 amide bonds. The van der Waals surface area contributed by atoms with Crippen molar-refractivity contribution in [3.8, 4) is 0 Å². The van der Waals surface area contributed by atoms with Gasteiger partial charge in [-0.3, -0.25) is 9.59 Å². The first-order valence-corrected chi connectivity index (χ1v) is 9.34. The maximum atomic E-state index is 12.7. The molecule has 2 aliphatic rings. The Morgan fingerprint density at radius 3 is 2.92 bits per heavy atom. The molecule has 0 radical (unpaired) electrons. The highest BCUT2D eigenvalue weighted by molar-refractivity contribution is 8.00. The number of amides is 2. The molecule has 0 saturated carbocycles. The second-order valence-corrected chi connectivity index (χ2v) is 7.44. The zero-order valence-electron chi connectivity index (χ0n) is 14.1. The molecule has 1 heterocycles. The van der Waals surface area contributed by atoms with Gasteiger partial charge >= 0.3 is 0 Å². The minimum absolute atomic E-state index is 0. The van der Waals surface area contributed by atoms with Crippen LogP contribution in [0, 0.1) is 0 Å². The summed E-state index contributed by atoms with van der Waals surface area (Å²) in [5, 5.41) is 5.96. The number of anilines is 2. The summed E-state index contributed by atoms with van der Waals surface area (Å²) in [6.07, 6.45) is 2.94. The van der Waals surface area contributed by atoms with Gasteiger partial charge in [0.1, 0.15) is 0 Å². The summed E-state index contributed by atoms with van der Waals surface area (Å²) in [5.74, 6) is 0.261. The molecule has 1 aliphatic carbocycles. The Morgan fingerprint density at radius 1 is 1.23 bits per heavy atom. The molecule has 4 N–H and O–H groups in total. The van der Waals surface area contributed by atoms with Crippen molar-refractivity contribution >= 4 is 47.4 Å². The highest BCUT2D eigenvalue weighted by Crippen LogP contribution is 2.33. The van der Waals surface area contributed by atoms with E-state index in [0.29, 0.717) is 17.0 Å². The van der Waals surface area contributed by atoms with Crippen LogP contribution in [0.4, 0.5) is 11.4 Å². The van der Waals surface area contributed by atoms with Crippen LogP contribution in [0.3, 0.4) is 0 Å². The van der Waals surface area contributed by atoms with Crippen LogP contribution in [-0.4, -0.2) is 17.6 Å². The van der Waals surface area contributed by atoms with E-state index < -0.39 is 0 Å². The maximum Gasteiger partial charge on any atom is 0.251 e. The predicted octanol–water partition coefficient (Wildman–Crippen LogP) is 3.54. The molecule has 0 spiro atoms. The van der Waals surface area contributed by atoms with Gasteiger partial charge in [-0.05, 0) is 60.7 Å². The minimum Gasteiger partial charge on any atom is -0.399 e. The molecular formula is C19H20ClN3O2S. The van der Waals surface area contributed by atoms with Crippen molar-refractivity contribution in [2.45, 2.75) is 30.2 Å². The number of halogens is 1. The van der Waals surface area contributed by atoms with E-state index in [1.165, 1.54) is 17.3 Å². The van der Waals surface area contributed by atoms with Crippen molar-refractivity contribution < 1.29 is 9.59 Å². The second kappa shape index (κ2) is 7.60. The van der Waals surface area contributed by atoms with Crippen molar-refractivity contribution in [1.29, 1.82) is 0 Å². The van der Waals surface area contributed by atoms with Crippen molar-refractivity contribution in [2.75, 3.05) is 16.8 Å². The number of hydrogen-bond acceptors (Lipinski definition) is 4. The van der Waals surface area contributed by atoms with Crippen molar-refractivity contribution in [2.24, 2.45) is 0 Å². The summed E-state index contributed by atoms with van der Waals surface area (Å²) in [6.45, 7) is 0. The van der Waals surface area contributed by atoms with Crippen LogP contribution in [0.5, 0.6) is 0 Å². The molecule has 1 atom stereocenters. The Balaban J connectivity index is 0.00000196. The Morgan fingerprint density at radius 2 is 2.08 bits per heavy atom. The van der Waals surface area contributed by atoms with Gasteiger partial charge in [-0.25, -0.2) is 0 Å². The molecule has 0 bridgehead atoms. The first kappa shape index (κ1) is 18.6. The zero-order chi connectivity index (χ0) is 17.4. The number of nitrogen functional groups attached to an aromatic ring is 1. The molecule has 4 rings (SSSR count). The number of nitrogens with two attached hydrogens (primary N) is 1. The average Bonchev–Trinajstić information content (AvgIpc) is 2.61. The standard InChI is InChI=1S/C19H19N3O2S.ClH/c20-13-5-6-14-11(8-13)2-1-3-15(14)22-19(24)12-4-7-17-16(9-12)21-18(23)10-25-17;/h4-9,15H,1-3,10,20H2,(H,21,23)(H,22,24);1H. The van der Waals surface area contributed by atoms with E-state index in [0.717, 1.165) is 35.4 Å². The number of benzene rings is 2. The number of carbonyl (C=O) groups is 2. The predicted molar refractivity (Wildman–Crippen MR) is 107 cm³/mol. The minimum atomic E-state index is -0.123. The van der Waals surface area contributed by atoms with Crippen LogP contribution in [-0.2, 0) is 11.2 Å². The lowest BCUT2D eigenvalue weighted by molar-refractivity contribution is -0.113. The largest absolute Gasteiger partial charge is 0.399 e. The fourth-order valence-corrected chi connectivity index (χ4v) is 4.24. The van der Waals surface area contributed by atoms with Crippen LogP contribution in [0.2, 0.25) is 0 Å². The molecule has 1 aliphatic heterocycles. The van der Waals surface area contributed by atoms with E-state index in [9.17, 15) is 9.59 Å². The molecule has 2 aromatic carbocycles. The monoisotopic (exact) mass is 389 g/mol. The van der Waals surface area contributed by atoms with Gasteiger partial charge in [-0.1, -0.05) is 6.07 Å². The molecule has 136 valence electrons. The molecule has 0 saturated heterocycles. The van der Waals surface area contributed by atoms with E-state index >= 15 is 0 Å². The van der Waals surface area contributed by atoms with Gasteiger partial charge < -0.3 is 16.4 Å². The van der Waals surface area contributed by atoms with Crippen molar-refractivity contribution in [1.82, 2.24) is 5.32 Å². The second-order valence-electron chi connectivity index (χ2n) is 6.42. The average molecular weight is 390 g/mol. The van der Waals surface area contributed by atoms with Gasteiger partial charge in [-0.2, -0.15) is 0 Å². The molecule has 2 aromatic rings. The number of thioether (sulfide) groups is 1. The Hall–Kier alpha value is -2.18. The summed E-state index contributed by atoms with van der Waals surface area (Å²) in [5.41, 5.74) is 10.3. The molecule has 7 heteroatoms. The maximum absolute atomic E-state index is 12.7. The first-order chi connectivity index (χ1) is 12.1. The lowest BCUT2D eigenvalue weighted by Crippen LogP contribution is -2.31. The van der Waals surface area contributed by atoms with Crippen LogP contribution in [0.15, 0.2) is 41.3 Å². The normalized spacial score (nSPS) is 18.0. The van der Waals surface area contributed by atoms with Gasteiger partial charge in [0.2, 0.25) is 5.91 Å². The topological polar surface area (TPSA) is 84.2 Å². The third-order valence-corrected chi connectivity index (χ3v) is 5.73. The van der Waals surface area contributed by atoms with Crippen LogP contribution in [0.1, 0.15) is 40.4 Å². The number of carbonyl (C=O) groups excluding carboxylic acids is 2. The third-order valence-electron chi connectivity index (χ3n) is 4.66. The Bertz CT molecular complexity index is 872. The van der Waals surface area contributed by atoms with Crippen LogP contribution < -0.4 is 16.4 Å². The molecule has 5 nitrogen and oxygen atoms in total. The van der Waals surface area contributed by atoms with E-state index in [1.54, 1.807) is 6.07 Å². The quantitative estimate of drug-likeness (QED) is 0.686. The third kappa shape index (κ3) is 3.66. The van der Waals surface area contributed by atoms with Crippen molar-refractivity contribution in [3.05, 3.63) is 53.1 Å². The number of aryl methyl sites for hydroxylation is 1. The van der Waals surface area contributed by atoms with Gasteiger partial charge in [0.25, 0.3) is 5.91 Å². The molecular weight excluding hydrogens is 370 g/mol. The highest BCUT2D eigenvalue weighted by Gasteiger charge is 2.23. The summed E-state index contributed by atoms with van der Waals surface area (Å²) in [6, 6.07) is 11.3. The molecule has 0 fully saturated rings. The Labute approximate surface area is 162 Å². The fraction of sp³-hybridized carbons (Fsp3) is 0.263. The summed E-state index contributed by atoms with van der Waals surface area (Å²) in [7, 11) is 0. The van der Waals surface area contributed by atoms with Crippen LogP contribution in [0.25, 0.3) is 0 Å². The SMILES string of the molecule is Cl.Nc1ccc2c(c1)CCCC2NC(=O)c1ccc2c(c1)NC(=O)CS2. The molecule has 1 unspecified atom stereocenters. The van der Waals surface area contributed by atoms with Gasteiger partial charge in [-0.15, -0.1) is 24.2 Å². The summed E-state index contributed by atoms with van der Waals surface area (Å²) >= 11 is 1.49. The number of nitrogens with one attached hydrogen (secondary N) is 2. The molecule has 26 heavy (non-hydrogen) atoms. The van der Waals surface area contributed by atoms with E-state index in [1.807, 2.05) is 30.3 Å². The Kier molecular flexibility index (Phi) is 5.44. The van der Waals surface area contributed by atoms with E-state index in [-0.39, 0.29) is 30.3 Å². The number of hydrogen-bond donors (Lipinski definition) is 3. The van der Waals surface area contributed by atoms with E-state index in [4.69, 9.17) is 5.73 Å². The van der Waals surface area contributed by atoms with Gasteiger partial charge in [0.05, 0.1) is 17.5 Å². The number of rotatable bonds is 2. The highest BCUT2D eigenvalue weighted by atomic mass is 35.5.